The molecule has 0 bridgehead atoms. The van der Waals surface area contributed by atoms with Gasteiger partial charge in [-0.05, 0) is 36.5 Å². The van der Waals surface area contributed by atoms with E-state index in [1.165, 1.54) is 11.9 Å². The Hall–Kier alpha value is -3.35. The predicted molar refractivity (Wildman–Crippen MR) is 138 cm³/mol. The van der Waals surface area contributed by atoms with Crippen LogP contribution in [0.3, 0.4) is 0 Å². The lowest BCUT2D eigenvalue weighted by Gasteiger charge is -2.34. The van der Waals surface area contributed by atoms with Crippen LogP contribution in [-0.2, 0) is 19.2 Å². The quantitative estimate of drug-likeness (QED) is 0.285. The molecule has 40 heavy (non-hydrogen) atoms. The number of fused-ring (bicyclic) bond motifs is 1. The minimum absolute atomic E-state index is 0.00748. The van der Waals surface area contributed by atoms with Crippen LogP contribution in [-0.4, -0.2) is 78.0 Å². The third-order valence-electron chi connectivity index (χ3n) is 8.72. The van der Waals surface area contributed by atoms with Gasteiger partial charge in [0.05, 0.1) is 6.04 Å². The molecule has 10 nitrogen and oxygen atoms in total. The van der Waals surface area contributed by atoms with Crippen LogP contribution in [0.2, 0.25) is 0 Å². The number of aliphatic hydroxyl groups is 1. The normalized spacial score (nSPS) is 26.8. The van der Waals surface area contributed by atoms with E-state index in [2.05, 4.69) is 21.3 Å². The van der Waals surface area contributed by atoms with Gasteiger partial charge in [-0.1, -0.05) is 20.8 Å². The summed E-state index contributed by atoms with van der Waals surface area (Å²) < 4.78 is 42.0. The van der Waals surface area contributed by atoms with Crippen molar-refractivity contribution in [3.63, 3.8) is 0 Å². The van der Waals surface area contributed by atoms with Gasteiger partial charge in [-0.25, -0.2) is 13.2 Å². The average molecular weight is 568 g/mol. The molecule has 4 unspecified atom stereocenters. The van der Waals surface area contributed by atoms with Crippen molar-refractivity contribution in [2.75, 3.05) is 25.5 Å². The number of likely N-dealkylation sites (N-methyl/N-ethyl adjacent to an activating group) is 1. The summed E-state index contributed by atoms with van der Waals surface area (Å²) in [5.74, 6) is -6.33. The van der Waals surface area contributed by atoms with E-state index in [4.69, 9.17) is 0 Å². The number of carbonyl (C=O) groups is 4. The van der Waals surface area contributed by atoms with Crippen molar-refractivity contribution >= 4 is 29.3 Å². The highest BCUT2D eigenvalue weighted by Gasteiger charge is 2.69. The Morgan fingerprint density at radius 1 is 1.20 bits per heavy atom. The lowest BCUT2D eigenvalue weighted by Crippen LogP contribution is -2.58. The van der Waals surface area contributed by atoms with Crippen LogP contribution in [0.4, 0.5) is 18.9 Å². The standard InChI is InChI=1S/C27H36F3N5O5/c1-5-17(33-20-15(29)9-13(28)10-16(20)30)26(40)35-11-14-19(27(14,2)3)21(35)24(38)34-18(22(36)25(39)31-4)8-12-6-7-32-23(12)37/h9-10,12,14,17-19,21-22,33,36H,5-8,11H2,1-4H3,(H,31,39)(H,32,37)(H,34,38)/t12-,14?,17+,18+,19?,21?,22?/m0/s1. The number of aliphatic hydroxyl groups excluding tert-OH is 1. The molecule has 4 amide bonds. The van der Waals surface area contributed by atoms with E-state index in [1.54, 1.807) is 6.92 Å². The molecule has 0 aromatic heterocycles. The third-order valence-corrected chi connectivity index (χ3v) is 8.72. The van der Waals surface area contributed by atoms with Crippen LogP contribution in [0.1, 0.15) is 40.0 Å². The fraction of sp³-hybridized carbons (Fsp3) is 0.630. The lowest BCUT2D eigenvalue weighted by atomic mass is 9.93. The van der Waals surface area contributed by atoms with Crippen molar-refractivity contribution in [2.45, 2.75) is 64.3 Å². The van der Waals surface area contributed by atoms with Crippen LogP contribution < -0.4 is 21.3 Å². The zero-order valence-corrected chi connectivity index (χ0v) is 22.9. The number of halogens is 3. The highest BCUT2D eigenvalue weighted by atomic mass is 19.1. The van der Waals surface area contributed by atoms with E-state index in [-0.39, 0.29) is 42.5 Å². The van der Waals surface area contributed by atoms with Gasteiger partial charge in [-0.15, -0.1) is 0 Å². The van der Waals surface area contributed by atoms with E-state index < -0.39 is 71.0 Å². The summed E-state index contributed by atoms with van der Waals surface area (Å²) in [5, 5.41) is 21.0. The van der Waals surface area contributed by atoms with Gasteiger partial charge in [0.25, 0.3) is 5.91 Å². The van der Waals surface area contributed by atoms with Crippen molar-refractivity contribution in [1.82, 2.24) is 20.9 Å². The smallest absolute Gasteiger partial charge is 0.250 e. The minimum atomic E-state index is -1.63. The largest absolute Gasteiger partial charge is 0.381 e. The Morgan fingerprint density at radius 3 is 2.40 bits per heavy atom. The van der Waals surface area contributed by atoms with E-state index in [0.717, 1.165) is 0 Å². The van der Waals surface area contributed by atoms with E-state index in [1.807, 2.05) is 13.8 Å². The first-order chi connectivity index (χ1) is 18.8. The summed E-state index contributed by atoms with van der Waals surface area (Å²) in [6, 6.07) is -2.16. The number of piperidine rings is 1. The number of hydrogen-bond donors (Lipinski definition) is 5. The molecule has 2 aliphatic heterocycles. The van der Waals surface area contributed by atoms with Crippen molar-refractivity contribution in [3.8, 4) is 0 Å². The van der Waals surface area contributed by atoms with Crippen LogP contribution in [0.5, 0.6) is 0 Å². The van der Waals surface area contributed by atoms with E-state index in [0.29, 0.717) is 25.1 Å². The molecule has 5 N–H and O–H groups in total. The number of anilines is 1. The number of benzene rings is 1. The maximum Gasteiger partial charge on any atom is 0.250 e. The Bertz CT molecular complexity index is 1170. The number of nitrogens with zero attached hydrogens (tertiary/aromatic N) is 1. The SMILES string of the molecule is CC[C@@H](Nc1c(F)cc(F)cc1F)C(=O)N1CC2C(C1C(=O)N[C@H](C[C@@H]1CCNC1=O)C(O)C(=O)NC)C2(C)C. The molecule has 0 spiro atoms. The molecule has 1 aromatic rings. The Balaban J connectivity index is 1.56. The Kier molecular flexibility index (Phi) is 8.34. The molecule has 2 saturated heterocycles. The summed E-state index contributed by atoms with van der Waals surface area (Å²) in [6.07, 6.45) is -1.01. The van der Waals surface area contributed by atoms with Gasteiger partial charge >= 0.3 is 0 Å². The molecule has 1 aromatic carbocycles. The highest BCUT2D eigenvalue weighted by Crippen LogP contribution is 2.65. The van der Waals surface area contributed by atoms with Crippen molar-refractivity contribution in [1.29, 1.82) is 0 Å². The molecule has 4 rings (SSSR count). The monoisotopic (exact) mass is 567 g/mol. The van der Waals surface area contributed by atoms with Crippen LogP contribution in [0, 0.1) is 40.6 Å². The molecule has 3 aliphatic rings. The second kappa shape index (κ2) is 11.3. The summed E-state index contributed by atoms with van der Waals surface area (Å²) in [6.45, 7) is 6.26. The molecule has 7 atom stereocenters. The third kappa shape index (κ3) is 5.48. The van der Waals surface area contributed by atoms with Crippen molar-refractivity contribution in [2.24, 2.45) is 23.2 Å². The molecular weight excluding hydrogens is 531 g/mol. The van der Waals surface area contributed by atoms with Gasteiger partial charge in [0.2, 0.25) is 17.7 Å². The molecule has 1 saturated carbocycles. The molecule has 0 radical (unpaired) electrons. The van der Waals surface area contributed by atoms with Gasteiger partial charge < -0.3 is 31.3 Å². The molecule has 220 valence electrons. The second-order valence-electron chi connectivity index (χ2n) is 11.4. The van der Waals surface area contributed by atoms with Crippen molar-refractivity contribution in [3.05, 3.63) is 29.6 Å². The van der Waals surface area contributed by atoms with Gasteiger partial charge in [-0.2, -0.15) is 0 Å². The number of likely N-dealkylation sites (tertiary alicyclic amines) is 1. The molecule has 2 heterocycles. The molecule has 3 fully saturated rings. The molecule has 1 aliphatic carbocycles. The fourth-order valence-corrected chi connectivity index (χ4v) is 6.25. The fourth-order valence-electron chi connectivity index (χ4n) is 6.25. The number of amides is 4. The summed E-state index contributed by atoms with van der Waals surface area (Å²) >= 11 is 0. The van der Waals surface area contributed by atoms with Gasteiger partial charge in [0.1, 0.15) is 23.6 Å². The number of rotatable bonds is 10. The maximum atomic E-state index is 14.3. The number of hydrogen-bond acceptors (Lipinski definition) is 6. The van der Waals surface area contributed by atoms with E-state index in [9.17, 15) is 37.5 Å². The van der Waals surface area contributed by atoms with E-state index >= 15 is 0 Å². The van der Waals surface area contributed by atoms with Crippen LogP contribution >= 0.6 is 0 Å². The molecule has 13 heteroatoms. The van der Waals surface area contributed by atoms with Gasteiger partial charge in [-0.3, -0.25) is 19.2 Å². The van der Waals surface area contributed by atoms with Gasteiger partial charge in [0.15, 0.2) is 17.7 Å². The summed E-state index contributed by atoms with van der Waals surface area (Å²) in [7, 11) is 1.34. The predicted octanol–water partition coefficient (Wildman–Crippen LogP) is 0.895. The number of nitrogens with one attached hydrogen (secondary N) is 4. The average Bonchev–Trinajstić information content (AvgIpc) is 3.24. The highest BCUT2D eigenvalue weighted by molar-refractivity contribution is 5.93. The topological polar surface area (TPSA) is 140 Å². The van der Waals surface area contributed by atoms with Crippen LogP contribution in [0.25, 0.3) is 0 Å². The first-order valence-electron chi connectivity index (χ1n) is 13.5. The van der Waals surface area contributed by atoms with Crippen molar-refractivity contribution < 1.29 is 37.5 Å². The summed E-state index contributed by atoms with van der Waals surface area (Å²) in [5.41, 5.74) is -0.903. The maximum absolute atomic E-state index is 14.3. The number of carbonyl (C=O) groups excluding carboxylic acids is 4. The summed E-state index contributed by atoms with van der Waals surface area (Å²) in [4.78, 5) is 53.2. The molecular formula is C27H36F3N5O5. The Morgan fingerprint density at radius 2 is 1.85 bits per heavy atom. The van der Waals surface area contributed by atoms with Gasteiger partial charge in [0, 0.05) is 38.2 Å². The zero-order valence-electron chi connectivity index (χ0n) is 22.9. The lowest BCUT2D eigenvalue weighted by molar-refractivity contribution is -0.142. The zero-order chi connectivity index (χ0) is 29.5. The Labute approximate surface area is 230 Å². The van der Waals surface area contributed by atoms with Crippen LogP contribution in [0.15, 0.2) is 12.1 Å². The second-order valence-corrected chi connectivity index (χ2v) is 11.4. The first-order valence-corrected chi connectivity index (χ1v) is 13.5. The minimum Gasteiger partial charge on any atom is -0.381 e. The first kappa shape index (κ1) is 29.6.